The first-order valence-electron chi connectivity index (χ1n) is 7.15. The predicted octanol–water partition coefficient (Wildman–Crippen LogP) is 2.65. The van der Waals surface area contributed by atoms with Gasteiger partial charge in [-0.25, -0.2) is 0 Å². The van der Waals surface area contributed by atoms with Gasteiger partial charge in [-0.2, -0.15) is 5.26 Å². The highest BCUT2D eigenvalue weighted by Gasteiger charge is 2.46. The summed E-state index contributed by atoms with van der Waals surface area (Å²) in [4.78, 5) is 10.2. The topological polar surface area (TPSA) is 88.2 Å². The lowest BCUT2D eigenvalue weighted by molar-refractivity contribution is -0.384. The van der Waals surface area contributed by atoms with Gasteiger partial charge >= 0.3 is 0 Å². The number of nitriles is 1. The lowest BCUT2D eigenvalue weighted by atomic mass is 9.96. The Morgan fingerprint density at radius 2 is 2.14 bits per heavy atom. The van der Waals surface area contributed by atoms with Gasteiger partial charge in [0.1, 0.15) is 17.9 Å². The highest BCUT2D eigenvalue weighted by molar-refractivity contribution is 5.36. The first-order chi connectivity index (χ1) is 10.1. The summed E-state index contributed by atoms with van der Waals surface area (Å²) in [6, 6.07) is 8.30. The Labute approximate surface area is 123 Å². The molecule has 6 heteroatoms. The Morgan fingerprint density at radius 3 is 2.62 bits per heavy atom. The number of hydrogen-bond acceptors (Lipinski definition) is 5. The summed E-state index contributed by atoms with van der Waals surface area (Å²) >= 11 is 0. The van der Waals surface area contributed by atoms with Crippen LogP contribution in [0, 0.1) is 27.4 Å². The Morgan fingerprint density at radius 1 is 1.48 bits per heavy atom. The maximum Gasteiger partial charge on any atom is 0.269 e. The van der Waals surface area contributed by atoms with Crippen LogP contribution in [0.4, 0.5) is 5.69 Å². The fraction of sp³-hybridized carbons (Fsp3) is 0.533. The molecule has 0 bridgehead atoms. The normalized spacial score (nSPS) is 16.8. The van der Waals surface area contributed by atoms with E-state index in [4.69, 9.17) is 4.74 Å². The van der Waals surface area contributed by atoms with Crippen LogP contribution < -0.4 is 10.1 Å². The summed E-state index contributed by atoms with van der Waals surface area (Å²) in [5.74, 6) is 0.867. The van der Waals surface area contributed by atoms with Crippen molar-refractivity contribution in [2.24, 2.45) is 5.92 Å². The minimum atomic E-state index is -0.655. The molecule has 1 aliphatic rings. The van der Waals surface area contributed by atoms with Gasteiger partial charge in [-0.1, -0.05) is 6.92 Å². The van der Waals surface area contributed by atoms with E-state index in [9.17, 15) is 15.4 Å². The average molecular weight is 289 g/mol. The summed E-state index contributed by atoms with van der Waals surface area (Å²) in [6.45, 7) is 3.08. The minimum absolute atomic E-state index is 0.0280. The molecule has 1 fully saturated rings. The number of nitro groups is 1. The van der Waals surface area contributed by atoms with Crippen molar-refractivity contribution >= 4 is 5.69 Å². The molecule has 6 nitrogen and oxygen atoms in total. The Balaban J connectivity index is 2.01. The molecule has 112 valence electrons. The van der Waals surface area contributed by atoms with Crippen molar-refractivity contribution in [3.63, 3.8) is 0 Å². The zero-order valence-corrected chi connectivity index (χ0v) is 12.0. The molecule has 1 aliphatic carbocycles. The molecule has 1 aromatic carbocycles. The van der Waals surface area contributed by atoms with E-state index in [-0.39, 0.29) is 12.3 Å². The lowest BCUT2D eigenvalue weighted by Gasteiger charge is -2.27. The van der Waals surface area contributed by atoms with Crippen molar-refractivity contribution in [3.8, 4) is 11.8 Å². The average Bonchev–Trinajstić information content (AvgIpc) is 3.33. The molecule has 1 N–H and O–H groups in total. The highest BCUT2D eigenvalue weighted by atomic mass is 16.6. The molecule has 0 radical (unpaired) electrons. The van der Waals surface area contributed by atoms with E-state index >= 15 is 0 Å². The molecule has 0 amide bonds. The van der Waals surface area contributed by atoms with E-state index in [0.29, 0.717) is 11.7 Å². The van der Waals surface area contributed by atoms with Gasteiger partial charge in [-0.15, -0.1) is 0 Å². The van der Waals surface area contributed by atoms with Crippen LogP contribution in [0.2, 0.25) is 0 Å². The van der Waals surface area contributed by atoms with Gasteiger partial charge < -0.3 is 4.74 Å². The molecule has 1 atom stereocenters. The van der Waals surface area contributed by atoms with Crippen LogP contribution in [-0.2, 0) is 0 Å². The van der Waals surface area contributed by atoms with Gasteiger partial charge in [-0.3, -0.25) is 15.4 Å². The standard InChI is InChI=1S/C15H19N3O3/c1-2-9-17-15(10-16,12-3-4-12)11-21-14-7-5-13(6-8-14)18(19)20/h5-8,12,17H,2-4,9,11H2,1H3. The summed E-state index contributed by atoms with van der Waals surface area (Å²) in [5.41, 5.74) is -0.627. The van der Waals surface area contributed by atoms with Gasteiger partial charge in [0, 0.05) is 12.1 Å². The molecule has 21 heavy (non-hydrogen) atoms. The van der Waals surface area contributed by atoms with E-state index in [1.54, 1.807) is 12.1 Å². The third kappa shape index (κ3) is 3.70. The van der Waals surface area contributed by atoms with Crippen molar-refractivity contribution in [3.05, 3.63) is 34.4 Å². The molecule has 0 aliphatic heterocycles. The van der Waals surface area contributed by atoms with Gasteiger partial charge in [0.25, 0.3) is 5.69 Å². The number of non-ortho nitro benzene ring substituents is 1. The number of hydrogen-bond donors (Lipinski definition) is 1. The minimum Gasteiger partial charge on any atom is -0.491 e. The van der Waals surface area contributed by atoms with E-state index in [1.165, 1.54) is 12.1 Å². The number of rotatable bonds is 8. The molecular weight excluding hydrogens is 270 g/mol. The maximum atomic E-state index is 10.6. The second kappa shape index (κ2) is 6.55. The summed E-state index contributed by atoms with van der Waals surface area (Å²) in [5, 5.41) is 23.4. The van der Waals surface area contributed by atoms with Crippen molar-refractivity contribution in [2.45, 2.75) is 31.7 Å². The van der Waals surface area contributed by atoms with Crippen molar-refractivity contribution < 1.29 is 9.66 Å². The first kappa shape index (κ1) is 15.3. The van der Waals surface area contributed by atoms with Crippen molar-refractivity contribution in [1.29, 1.82) is 5.26 Å². The summed E-state index contributed by atoms with van der Waals surface area (Å²) in [7, 11) is 0. The van der Waals surface area contributed by atoms with Gasteiger partial charge in [-0.05, 0) is 43.9 Å². The van der Waals surface area contributed by atoms with E-state index in [1.807, 2.05) is 0 Å². The second-order valence-electron chi connectivity index (χ2n) is 5.32. The smallest absolute Gasteiger partial charge is 0.269 e. The van der Waals surface area contributed by atoms with Crippen LogP contribution in [0.5, 0.6) is 5.75 Å². The molecule has 1 saturated carbocycles. The van der Waals surface area contributed by atoms with Crippen LogP contribution in [0.1, 0.15) is 26.2 Å². The number of nitrogens with one attached hydrogen (secondary N) is 1. The molecule has 1 unspecified atom stereocenters. The zero-order valence-electron chi connectivity index (χ0n) is 12.0. The Kier molecular flexibility index (Phi) is 4.76. The molecular formula is C15H19N3O3. The highest BCUT2D eigenvalue weighted by Crippen LogP contribution is 2.39. The monoisotopic (exact) mass is 289 g/mol. The summed E-state index contributed by atoms with van der Waals surface area (Å²) < 4.78 is 5.69. The number of nitrogens with zero attached hydrogens (tertiary/aromatic N) is 2. The first-order valence-corrected chi connectivity index (χ1v) is 7.15. The second-order valence-corrected chi connectivity index (χ2v) is 5.32. The molecule has 0 saturated heterocycles. The SMILES string of the molecule is CCCNC(C#N)(COc1ccc([N+](=O)[O-])cc1)C1CC1. The molecule has 0 spiro atoms. The largest absolute Gasteiger partial charge is 0.491 e. The van der Waals surface area contributed by atoms with Crippen LogP contribution >= 0.6 is 0 Å². The third-order valence-electron chi connectivity index (χ3n) is 3.68. The van der Waals surface area contributed by atoms with E-state index < -0.39 is 10.5 Å². The number of ether oxygens (including phenoxy) is 1. The van der Waals surface area contributed by atoms with Crippen LogP contribution in [-0.4, -0.2) is 23.6 Å². The summed E-state index contributed by atoms with van der Waals surface area (Å²) in [6.07, 6.45) is 3.02. The molecule has 1 aromatic rings. The Hall–Kier alpha value is -2.13. The fourth-order valence-corrected chi connectivity index (χ4v) is 2.26. The van der Waals surface area contributed by atoms with E-state index in [2.05, 4.69) is 18.3 Å². The van der Waals surface area contributed by atoms with Gasteiger partial charge in [0.05, 0.1) is 11.0 Å². The quantitative estimate of drug-likeness (QED) is 0.587. The van der Waals surface area contributed by atoms with Crippen LogP contribution in [0.3, 0.4) is 0 Å². The maximum absolute atomic E-state index is 10.6. The third-order valence-corrected chi connectivity index (χ3v) is 3.68. The lowest BCUT2D eigenvalue weighted by Crippen LogP contribution is -2.51. The van der Waals surface area contributed by atoms with Crippen LogP contribution in [0.25, 0.3) is 0 Å². The van der Waals surface area contributed by atoms with Crippen LogP contribution in [0.15, 0.2) is 24.3 Å². The molecule has 0 heterocycles. The van der Waals surface area contributed by atoms with Gasteiger partial charge in [0.2, 0.25) is 0 Å². The zero-order chi connectivity index (χ0) is 15.3. The molecule has 2 rings (SSSR count). The van der Waals surface area contributed by atoms with Crippen molar-refractivity contribution in [2.75, 3.05) is 13.2 Å². The number of benzene rings is 1. The number of nitro benzene ring substituents is 1. The molecule has 0 aromatic heterocycles. The van der Waals surface area contributed by atoms with Crippen molar-refractivity contribution in [1.82, 2.24) is 5.32 Å². The fourth-order valence-electron chi connectivity index (χ4n) is 2.26. The van der Waals surface area contributed by atoms with E-state index in [0.717, 1.165) is 25.8 Å². The Bertz CT molecular complexity index is 534. The predicted molar refractivity (Wildman–Crippen MR) is 78.0 cm³/mol. The van der Waals surface area contributed by atoms with Gasteiger partial charge in [0.15, 0.2) is 0 Å².